The monoisotopic (exact) mass is 356 g/mol. The lowest BCUT2D eigenvalue weighted by atomic mass is 10.1. The minimum atomic E-state index is 0. The molecule has 1 fully saturated rings. The van der Waals surface area contributed by atoms with Crippen LogP contribution in [0.25, 0.3) is 16.6 Å². The molecule has 6 heteroatoms. The van der Waals surface area contributed by atoms with Gasteiger partial charge in [-0.25, -0.2) is 4.68 Å². The van der Waals surface area contributed by atoms with Gasteiger partial charge in [0.2, 0.25) is 0 Å². The van der Waals surface area contributed by atoms with Gasteiger partial charge in [-0.2, -0.15) is 5.10 Å². The lowest BCUT2D eigenvalue weighted by Crippen LogP contribution is -2.46. The lowest BCUT2D eigenvalue weighted by Gasteiger charge is -2.27. The molecule has 25 heavy (non-hydrogen) atoms. The molecule has 1 amide bonds. The standard InChI is InChI=1S/C19H20N4O.ClH/c1-14-17-4-2-3-5-18(17)23(21-14)16-8-6-15(7-9-16)19(24)22-12-10-20-11-13-22;/h2-9,20H,10-13H2,1H3;1H. The number of para-hydroxylation sites is 1. The molecule has 0 aliphatic carbocycles. The van der Waals surface area contributed by atoms with Crippen LogP contribution in [0.3, 0.4) is 0 Å². The maximum absolute atomic E-state index is 12.5. The number of rotatable bonds is 2. The van der Waals surface area contributed by atoms with Crippen LogP contribution in [0.15, 0.2) is 48.5 Å². The molecule has 1 aliphatic rings. The van der Waals surface area contributed by atoms with E-state index in [1.165, 1.54) is 0 Å². The van der Waals surface area contributed by atoms with Crippen molar-refractivity contribution in [1.82, 2.24) is 20.0 Å². The second-order valence-electron chi connectivity index (χ2n) is 6.10. The van der Waals surface area contributed by atoms with Gasteiger partial charge >= 0.3 is 0 Å². The second-order valence-corrected chi connectivity index (χ2v) is 6.10. The van der Waals surface area contributed by atoms with Crippen molar-refractivity contribution in [2.75, 3.05) is 26.2 Å². The molecular formula is C19H21ClN4O. The molecule has 2 aromatic carbocycles. The number of piperazine rings is 1. The summed E-state index contributed by atoms with van der Waals surface area (Å²) in [6.45, 7) is 5.28. The van der Waals surface area contributed by atoms with E-state index in [1.54, 1.807) is 0 Å². The lowest BCUT2D eigenvalue weighted by molar-refractivity contribution is 0.0736. The molecule has 0 radical (unpaired) electrons. The number of hydrogen-bond acceptors (Lipinski definition) is 3. The van der Waals surface area contributed by atoms with Gasteiger partial charge in [0.15, 0.2) is 0 Å². The maximum Gasteiger partial charge on any atom is 0.253 e. The number of hydrogen-bond donors (Lipinski definition) is 1. The molecule has 1 aromatic heterocycles. The number of carbonyl (C=O) groups is 1. The number of carbonyl (C=O) groups excluding carboxylic acids is 1. The summed E-state index contributed by atoms with van der Waals surface area (Å²) in [5.74, 6) is 0.101. The van der Waals surface area contributed by atoms with Crippen LogP contribution in [-0.4, -0.2) is 46.8 Å². The van der Waals surface area contributed by atoms with Gasteiger partial charge in [-0.1, -0.05) is 18.2 Å². The van der Waals surface area contributed by atoms with Crippen LogP contribution in [0.4, 0.5) is 0 Å². The van der Waals surface area contributed by atoms with Crippen LogP contribution in [0.2, 0.25) is 0 Å². The number of aryl methyl sites for hydroxylation is 1. The van der Waals surface area contributed by atoms with E-state index < -0.39 is 0 Å². The predicted molar refractivity (Wildman–Crippen MR) is 102 cm³/mol. The third-order valence-corrected chi connectivity index (χ3v) is 4.54. The zero-order valence-corrected chi connectivity index (χ0v) is 14.9. The fourth-order valence-electron chi connectivity index (χ4n) is 3.21. The number of nitrogens with one attached hydrogen (secondary N) is 1. The van der Waals surface area contributed by atoms with Gasteiger partial charge in [0.25, 0.3) is 5.91 Å². The van der Waals surface area contributed by atoms with Crippen LogP contribution in [-0.2, 0) is 0 Å². The third-order valence-electron chi connectivity index (χ3n) is 4.54. The van der Waals surface area contributed by atoms with E-state index in [4.69, 9.17) is 0 Å². The molecule has 0 saturated carbocycles. The van der Waals surface area contributed by atoms with E-state index in [9.17, 15) is 4.79 Å². The third kappa shape index (κ3) is 3.25. The van der Waals surface area contributed by atoms with E-state index in [0.717, 1.165) is 54.0 Å². The number of benzene rings is 2. The van der Waals surface area contributed by atoms with Crippen molar-refractivity contribution in [3.63, 3.8) is 0 Å². The number of halogens is 1. The first-order valence-corrected chi connectivity index (χ1v) is 8.29. The molecule has 1 saturated heterocycles. The van der Waals surface area contributed by atoms with Crippen LogP contribution in [0.1, 0.15) is 16.1 Å². The molecule has 0 unspecified atom stereocenters. The molecule has 0 spiro atoms. The zero-order chi connectivity index (χ0) is 16.5. The molecule has 5 nitrogen and oxygen atoms in total. The second kappa shape index (κ2) is 7.25. The highest BCUT2D eigenvalue weighted by Crippen LogP contribution is 2.21. The Kier molecular flexibility index (Phi) is 5.06. The van der Waals surface area contributed by atoms with E-state index in [2.05, 4.69) is 22.5 Å². The minimum absolute atomic E-state index is 0. The summed E-state index contributed by atoms with van der Waals surface area (Å²) in [6, 6.07) is 15.9. The molecule has 4 rings (SSSR count). The van der Waals surface area contributed by atoms with E-state index in [-0.39, 0.29) is 18.3 Å². The van der Waals surface area contributed by atoms with Gasteiger partial charge in [0.05, 0.1) is 16.9 Å². The summed E-state index contributed by atoms with van der Waals surface area (Å²) >= 11 is 0. The first kappa shape index (κ1) is 17.5. The number of nitrogens with zero attached hydrogens (tertiary/aromatic N) is 3. The quantitative estimate of drug-likeness (QED) is 0.768. The number of amides is 1. The summed E-state index contributed by atoms with van der Waals surface area (Å²) in [5, 5.41) is 9.05. The Morgan fingerprint density at radius 2 is 1.72 bits per heavy atom. The molecule has 1 N–H and O–H groups in total. The molecule has 130 valence electrons. The summed E-state index contributed by atoms with van der Waals surface area (Å²) in [5.41, 5.74) is 3.78. The molecule has 2 heterocycles. The topological polar surface area (TPSA) is 50.2 Å². The Labute approximate surface area is 153 Å². The van der Waals surface area contributed by atoms with Crippen molar-refractivity contribution in [1.29, 1.82) is 0 Å². The van der Waals surface area contributed by atoms with Gasteiger partial charge in [-0.05, 0) is 37.3 Å². The average Bonchev–Trinajstić information content (AvgIpc) is 2.99. The summed E-state index contributed by atoms with van der Waals surface area (Å²) in [4.78, 5) is 14.4. The molecule has 0 atom stereocenters. The largest absolute Gasteiger partial charge is 0.336 e. The SMILES string of the molecule is Cc1nn(-c2ccc(C(=O)N3CCNCC3)cc2)c2ccccc12.Cl. The Balaban J connectivity index is 0.00000182. The van der Waals surface area contributed by atoms with Gasteiger partial charge in [0.1, 0.15) is 0 Å². The molecule has 1 aliphatic heterocycles. The fraction of sp³-hybridized carbons (Fsp3) is 0.263. The van der Waals surface area contributed by atoms with E-state index in [0.29, 0.717) is 0 Å². The average molecular weight is 357 g/mol. The number of aromatic nitrogens is 2. The van der Waals surface area contributed by atoms with Crippen molar-refractivity contribution in [2.24, 2.45) is 0 Å². The Hall–Kier alpha value is -2.37. The van der Waals surface area contributed by atoms with Gasteiger partial charge in [-0.3, -0.25) is 4.79 Å². The first-order valence-electron chi connectivity index (χ1n) is 8.29. The van der Waals surface area contributed by atoms with Crippen molar-refractivity contribution in [3.8, 4) is 5.69 Å². The van der Waals surface area contributed by atoms with Crippen molar-refractivity contribution >= 4 is 29.2 Å². The molecule has 3 aromatic rings. The highest BCUT2D eigenvalue weighted by atomic mass is 35.5. The number of fused-ring (bicyclic) bond motifs is 1. The Morgan fingerprint density at radius 1 is 1.04 bits per heavy atom. The predicted octanol–water partition coefficient (Wildman–Crippen LogP) is 2.80. The van der Waals surface area contributed by atoms with Crippen LogP contribution in [0, 0.1) is 6.92 Å². The fourth-order valence-corrected chi connectivity index (χ4v) is 3.21. The van der Waals surface area contributed by atoms with Gasteiger partial charge in [0, 0.05) is 37.1 Å². The highest BCUT2D eigenvalue weighted by Gasteiger charge is 2.18. The maximum atomic E-state index is 12.5. The van der Waals surface area contributed by atoms with Crippen LogP contribution in [0.5, 0.6) is 0 Å². The van der Waals surface area contributed by atoms with Crippen LogP contribution < -0.4 is 5.32 Å². The minimum Gasteiger partial charge on any atom is -0.336 e. The normalized spacial score (nSPS) is 14.4. The van der Waals surface area contributed by atoms with Crippen molar-refractivity contribution in [2.45, 2.75) is 6.92 Å². The molecule has 0 bridgehead atoms. The van der Waals surface area contributed by atoms with Gasteiger partial charge in [-0.15, -0.1) is 12.4 Å². The summed E-state index contributed by atoms with van der Waals surface area (Å²) < 4.78 is 1.93. The van der Waals surface area contributed by atoms with E-state index >= 15 is 0 Å². The van der Waals surface area contributed by atoms with Gasteiger partial charge < -0.3 is 10.2 Å². The molecular weight excluding hydrogens is 336 g/mol. The van der Waals surface area contributed by atoms with E-state index in [1.807, 2.05) is 52.9 Å². The zero-order valence-electron chi connectivity index (χ0n) is 14.1. The smallest absolute Gasteiger partial charge is 0.253 e. The Bertz CT molecular complexity index is 882. The van der Waals surface area contributed by atoms with Crippen molar-refractivity contribution in [3.05, 3.63) is 59.8 Å². The summed E-state index contributed by atoms with van der Waals surface area (Å²) in [7, 11) is 0. The Morgan fingerprint density at radius 3 is 2.44 bits per heavy atom. The van der Waals surface area contributed by atoms with Crippen molar-refractivity contribution < 1.29 is 4.79 Å². The highest BCUT2D eigenvalue weighted by molar-refractivity contribution is 5.94. The first-order chi connectivity index (χ1) is 11.7. The van der Waals surface area contributed by atoms with Crippen LogP contribution >= 0.6 is 12.4 Å². The summed E-state index contributed by atoms with van der Waals surface area (Å²) in [6.07, 6.45) is 0.